The Morgan fingerprint density at radius 1 is 1.29 bits per heavy atom. The summed E-state index contributed by atoms with van der Waals surface area (Å²) in [5.41, 5.74) is 0. The van der Waals surface area contributed by atoms with Crippen LogP contribution in [0.1, 0.15) is 36.4 Å². The lowest BCUT2D eigenvalue weighted by molar-refractivity contribution is -0.141. The summed E-state index contributed by atoms with van der Waals surface area (Å²) in [6, 6.07) is 7.55. The molecule has 128 valence electrons. The number of carbonyl (C=O) groups is 2. The minimum Gasteiger partial charge on any atom is -0.448 e. The van der Waals surface area contributed by atoms with Crippen LogP contribution in [0.3, 0.4) is 0 Å². The van der Waals surface area contributed by atoms with Crippen LogP contribution in [0, 0.1) is 5.92 Å². The molecule has 0 unspecified atom stereocenters. The SMILES string of the molecule is CC1CCN(C(=O)[C@@H](C)OC(=O)c2sc3ccccc3c2Cl)CC1. The Morgan fingerprint density at radius 2 is 1.96 bits per heavy atom. The van der Waals surface area contributed by atoms with Gasteiger partial charge in [-0.3, -0.25) is 4.79 Å². The molecule has 0 saturated carbocycles. The smallest absolute Gasteiger partial charge is 0.350 e. The quantitative estimate of drug-likeness (QED) is 0.759. The predicted octanol–water partition coefficient (Wildman–Crippen LogP) is 4.36. The van der Waals surface area contributed by atoms with E-state index in [0.717, 1.165) is 36.0 Å². The average molecular weight is 366 g/mol. The van der Waals surface area contributed by atoms with Crippen molar-refractivity contribution in [3.8, 4) is 0 Å². The number of halogens is 1. The lowest BCUT2D eigenvalue weighted by Gasteiger charge is -2.31. The molecule has 0 N–H and O–H groups in total. The van der Waals surface area contributed by atoms with Crippen molar-refractivity contribution in [1.82, 2.24) is 4.90 Å². The van der Waals surface area contributed by atoms with Gasteiger partial charge in [0, 0.05) is 23.2 Å². The molecule has 0 aliphatic carbocycles. The van der Waals surface area contributed by atoms with Gasteiger partial charge >= 0.3 is 5.97 Å². The highest BCUT2D eigenvalue weighted by Gasteiger charge is 2.28. The number of amides is 1. The molecule has 1 aromatic carbocycles. The number of likely N-dealkylation sites (tertiary alicyclic amines) is 1. The van der Waals surface area contributed by atoms with Gasteiger partial charge in [0.1, 0.15) is 4.88 Å². The van der Waals surface area contributed by atoms with Crippen molar-refractivity contribution >= 4 is 44.9 Å². The predicted molar refractivity (Wildman–Crippen MR) is 96.7 cm³/mol. The van der Waals surface area contributed by atoms with Crippen LogP contribution in [0.25, 0.3) is 10.1 Å². The van der Waals surface area contributed by atoms with E-state index >= 15 is 0 Å². The normalized spacial score (nSPS) is 17.0. The van der Waals surface area contributed by atoms with Crippen molar-refractivity contribution in [3.05, 3.63) is 34.2 Å². The molecule has 2 aromatic rings. The van der Waals surface area contributed by atoms with Gasteiger partial charge in [-0.25, -0.2) is 4.79 Å². The van der Waals surface area contributed by atoms with Gasteiger partial charge in [-0.05, 0) is 31.7 Å². The van der Waals surface area contributed by atoms with Gasteiger partial charge < -0.3 is 9.64 Å². The topological polar surface area (TPSA) is 46.6 Å². The largest absolute Gasteiger partial charge is 0.448 e. The summed E-state index contributed by atoms with van der Waals surface area (Å²) >= 11 is 7.58. The molecule has 1 atom stereocenters. The molecule has 6 heteroatoms. The van der Waals surface area contributed by atoms with Gasteiger partial charge in [0.2, 0.25) is 0 Å². The molecule has 0 spiro atoms. The fourth-order valence-corrected chi connectivity index (χ4v) is 4.29. The van der Waals surface area contributed by atoms with E-state index < -0.39 is 12.1 Å². The van der Waals surface area contributed by atoms with Gasteiger partial charge in [-0.1, -0.05) is 36.7 Å². The van der Waals surface area contributed by atoms with Gasteiger partial charge in [0.05, 0.1) is 5.02 Å². The van der Waals surface area contributed by atoms with Gasteiger partial charge in [-0.15, -0.1) is 11.3 Å². The first kappa shape index (κ1) is 17.2. The Bertz CT molecular complexity index is 765. The third-order valence-electron chi connectivity index (χ3n) is 4.45. The second kappa shape index (κ2) is 7.11. The van der Waals surface area contributed by atoms with Crippen molar-refractivity contribution < 1.29 is 14.3 Å². The van der Waals surface area contributed by atoms with E-state index in [2.05, 4.69) is 6.92 Å². The number of rotatable bonds is 3. The van der Waals surface area contributed by atoms with Gasteiger partial charge in [0.25, 0.3) is 5.91 Å². The Morgan fingerprint density at radius 3 is 2.62 bits per heavy atom. The summed E-state index contributed by atoms with van der Waals surface area (Å²) < 4.78 is 6.31. The summed E-state index contributed by atoms with van der Waals surface area (Å²) in [5, 5.41) is 1.23. The second-order valence-corrected chi connectivity index (χ2v) is 7.73. The van der Waals surface area contributed by atoms with Crippen LogP contribution in [0.15, 0.2) is 24.3 Å². The molecule has 1 aliphatic heterocycles. The molecule has 1 fully saturated rings. The number of hydrogen-bond acceptors (Lipinski definition) is 4. The minimum atomic E-state index is -0.799. The zero-order chi connectivity index (χ0) is 17.3. The first-order valence-corrected chi connectivity index (χ1v) is 9.33. The minimum absolute atomic E-state index is 0.132. The maximum atomic E-state index is 12.4. The van der Waals surface area contributed by atoms with Crippen molar-refractivity contribution in [2.45, 2.75) is 32.8 Å². The van der Waals surface area contributed by atoms with Crippen LogP contribution in [0.4, 0.5) is 0 Å². The third kappa shape index (κ3) is 3.42. The number of esters is 1. The fraction of sp³-hybridized carbons (Fsp3) is 0.444. The van der Waals surface area contributed by atoms with E-state index in [1.165, 1.54) is 11.3 Å². The van der Waals surface area contributed by atoms with Crippen LogP contribution in [0.5, 0.6) is 0 Å². The van der Waals surface area contributed by atoms with E-state index in [-0.39, 0.29) is 5.91 Å². The molecule has 0 radical (unpaired) electrons. The van der Waals surface area contributed by atoms with Crippen molar-refractivity contribution in [2.24, 2.45) is 5.92 Å². The molecule has 1 saturated heterocycles. The number of nitrogens with zero attached hydrogens (tertiary/aromatic N) is 1. The Hall–Kier alpha value is -1.59. The molecule has 1 amide bonds. The summed E-state index contributed by atoms with van der Waals surface area (Å²) in [7, 11) is 0. The zero-order valence-corrected chi connectivity index (χ0v) is 15.3. The van der Waals surface area contributed by atoms with E-state index in [1.54, 1.807) is 11.8 Å². The van der Waals surface area contributed by atoms with Crippen molar-refractivity contribution in [2.75, 3.05) is 13.1 Å². The second-order valence-electron chi connectivity index (χ2n) is 6.30. The monoisotopic (exact) mass is 365 g/mol. The Kier molecular flexibility index (Phi) is 5.11. The highest BCUT2D eigenvalue weighted by Crippen LogP contribution is 2.35. The molecule has 24 heavy (non-hydrogen) atoms. The van der Waals surface area contributed by atoms with Crippen LogP contribution in [-0.2, 0) is 9.53 Å². The maximum absolute atomic E-state index is 12.4. The highest BCUT2D eigenvalue weighted by atomic mass is 35.5. The maximum Gasteiger partial charge on any atom is 0.350 e. The van der Waals surface area contributed by atoms with Crippen LogP contribution in [0.2, 0.25) is 5.02 Å². The molecular weight excluding hydrogens is 346 g/mol. The number of fused-ring (bicyclic) bond motifs is 1. The van der Waals surface area contributed by atoms with Crippen LogP contribution >= 0.6 is 22.9 Å². The van der Waals surface area contributed by atoms with E-state index in [9.17, 15) is 9.59 Å². The fourth-order valence-electron chi connectivity index (χ4n) is 2.90. The Balaban J connectivity index is 1.69. The van der Waals surface area contributed by atoms with Gasteiger partial charge in [0.15, 0.2) is 6.10 Å². The molecule has 2 heterocycles. The van der Waals surface area contributed by atoms with Crippen molar-refractivity contribution in [1.29, 1.82) is 0 Å². The lowest BCUT2D eigenvalue weighted by atomic mass is 9.99. The average Bonchev–Trinajstić information content (AvgIpc) is 2.92. The summed E-state index contributed by atoms with van der Waals surface area (Å²) in [5.74, 6) is -0.0239. The number of thiophene rings is 1. The van der Waals surface area contributed by atoms with E-state index in [0.29, 0.717) is 15.8 Å². The molecule has 1 aliphatic rings. The number of hydrogen-bond donors (Lipinski definition) is 0. The summed E-state index contributed by atoms with van der Waals surface area (Å²) in [4.78, 5) is 27.0. The highest BCUT2D eigenvalue weighted by molar-refractivity contribution is 7.21. The molecule has 1 aromatic heterocycles. The van der Waals surface area contributed by atoms with E-state index in [4.69, 9.17) is 16.3 Å². The standard InChI is InChI=1S/C18H20ClNO3S/c1-11-7-9-20(10-8-11)17(21)12(2)23-18(22)16-15(19)13-5-3-4-6-14(13)24-16/h3-6,11-12H,7-10H2,1-2H3/t12-/m1/s1. The zero-order valence-electron chi connectivity index (χ0n) is 13.8. The van der Waals surface area contributed by atoms with Crippen LogP contribution < -0.4 is 0 Å². The van der Waals surface area contributed by atoms with Crippen molar-refractivity contribution in [3.63, 3.8) is 0 Å². The molecular formula is C18H20ClNO3S. The molecule has 0 bridgehead atoms. The first-order valence-electron chi connectivity index (χ1n) is 8.14. The lowest BCUT2D eigenvalue weighted by Crippen LogP contribution is -2.44. The first-order chi connectivity index (χ1) is 11.5. The summed E-state index contributed by atoms with van der Waals surface area (Å²) in [6.45, 7) is 5.27. The number of ether oxygens (including phenoxy) is 1. The number of benzene rings is 1. The molecule has 4 nitrogen and oxygen atoms in total. The van der Waals surface area contributed by atoms with Crippen LogP contribution in [-0.4, -0.2) is 36.0 Å². The number of piperidine rings is 1. The molecule has 3 rings (SSSR count). The third-order valence-corrected chi connectivity index (χ3v) is 6.10. The van der Waals surface area contributed by atoms with E-state index in [1.807, 2.05) is 24.3 Å². The summed E-state index contributed by atoms with van der Waals surface area (Å²) in [6.07, 6.45) is 1.19. The Labute approximate surface area is 150 Å². The number of carbonyl (C=O) groups excluding carboxylic acids is 2. The van der Waals surface area contributed by atoms with Gasteiger partial charge in [-0.2, -0.15) is 0 Å².